The predicted octanol–water partition coefficient (Wildman–Crippen LogP) is 0.981. The minimum atomic E-state index is -0.529. The molecule has 0 fully saturated rings. The molecule has 6 heteroatoms. The molecule has 0 saturated carbocycles. The van der Waals surface area contributed by atoms with Crippen LogP contribution in [-0.4, -0.2) is 23.1 Å². The quantitative estimate of drug-likeness (QED) is 0.743. The normalized spacial score (nSPS) is 9.93. The van der Waals surface area contributed by atoms with Gasteiger partial charge in [0.05, 0.1) is 0 Å². The van der Waals surface area contributed by atoms with Gasteiger partial charge in [0.2, 0.25) is 5.91 Å². The van der Waals surface area contributed by atoms with Crippen LogP contribution < -0.4 is 5.32 Å². The van der Waals surface area contributed by atoms with Crippen LogP contribution in [0.5, 0.6) is 0 Å². The molecule has 0 unspecified atom stereocenters. The summed E-state index contributed by atoms with van der Waals surface area (Å²) < 4.78 is 5.15. The van der Waals surface area contributed by atoms with Crippen LogP contribution >= 0.6 is 11.8 Å². The summed E-state index contributed by atoms with van der Waals surface area (Å²) in [6.45, 7) is 2.91. The fourth-order valence-corrected chi connectivity index (χ4v) is 1.44. The number of hydrogen-bond acceptors (Lipinski definition) is 5. The zero-order valence-electron chi connectivity index (χ0n) is 8.08. The number of thioether (sulfide) groups is 1. The molecule has 0 aliphatic carbocycles. The molecule has 0 spiro atoms. The Balaban J connectivity index is 2.93. The van der Waals surface area contributed by atoms with Crippen LogP contribution in [0.1, 0.15) is 23.3 Å². The molecule has 1 heterocycles. The fraction of sp³-hybridized carbons (Fsp3) is 0.375. The van der Waals surface area contributed by atoms with E-state index in [1.807, 2.05) is 0 Å². The first-order valence-corrected chi connectivity index (χ1v) is 5.10. The smallest absolute Gasteiger partial charge is 0.281 e. The number of carbonyl (C=O) groups is 2. The predicted molar refractivity (Wildman–Crippen MR) is 51.2 cm³/mol. The summed E-state index contributed by atoms with van der Waals surface area (Å²) in [6, 6.07) is 0. The van der Waals surface area contributed by atoms with Gasteiger partial charge < -0.3 is 4.42 Å². The first kappa shape index (κ1) is 10.8. The molecule has 5 nitrogen and oxygen atoms in total. The third kappa shape index (κ3) is 2.35. The summed E-state index contributed by atoms with van der Waals surface area (Å²) in [6.07, 6.45) is 1.77. The van der Waals surface area contributed by atoms with Gasteiger partial charge in [-0.1, -0.05) is 11.8 Å². The Morgan fingerprint density at radius 2 is 2.14 bits per heavy atom. The van der Waals surface area contributed by atoms with E-state index in [9.17, 15) is 9.59 Å². The van der Waals surface area contributed by atoms with Crippen molar-refractivity contribution in [3.8, 4) is 0 Å². The van der Waals surface area contributed by atoms with Crippen molar-refractivity contribution in [2.75, 3.05) is 6.26 Å². The van der Waals surface area contributed by atoms with Crippen molar-refractivity contribution in [1.82, 2.24) is 10.3 Å². The van der Waals surface area contributed by atoms with Crippen molar-refractivity contribution in [1.29, 1.82) is 0 Å². The molecule has 0 saturated heterocycles. The summed E-state index contributed by atoms with van der Waals surface area (Å²) in [5, 5.41) is 2.55. The van der Waals surface area contributed by atoms with Gasteiger partial charge >= 0.3 is 0 Å². The van der Waals surface area contributed by atoms with Gasteiger partial charge in [0.1, 0.15) is 0 Å². The monoisotopic (exact) mass is 214 g/mol. The first-order valence-electron chi connectivity index (χ1n) is 3.88. The number of hydrogen-bond donors (Lipinski definition) is 1. The second-order valence-electron chi connectivity index (χ2n) is 2.58. The zero-order chi connectivity index (χ0) is 10.7. The van der Waals surface area contributed by atoms with Gasteiger partial charge in [0.15, 0.2) is 16.7 Å². The third-order valence-electron chi connectivity index (χ3n) is 1.39. The van der Waals surface area contributed by atoms with Crippen molar-refractivity contribution < 1.29 is 14.0 Å². The van der Waals surface area contributed by atoms with Gasteiger partial charge in [-0.05, 0) is 6.26 Å². The standard InChI is InChI=1S/C8H10N2O3S/c1-4(11)9-7(12)6-8(14-3)13-5(2)10-6/h1-3H3,(H,9,11,12). The number of nitrogens with zero attached hydrogens (tertiary/aromatic N) is 1. The molecular formula is C8H10N2O3S. The van der Waals surface area contributed by atoms with Gasteiger partial charge in [0.25, 0.3) is 5.91 Å². The molecule has 0 atom stereocenters. The molecule has 14 heavy (non-hydrogen) atoms. The van der Waals surface area contributed by atoms with Gasteiger partial charge in [-0.3, -0.25) is 14.9 Å². The molecule has 0 aliphatic rings. The van der Waals surface area contributed by atoms with Crippen molar-refractivity contribution in [2.24, 2.45) is 0 Å². The van der Waals surface area contributed by atoms with Crippen molar-refractivity contribution in [3.05, 3.63) is 11.6 Å². The number of oxazole rings is 1. The molecule has 1 aromatic rings. The van der Waals surface area contributed by atoms with E-state index in [4.69, 9.17) is 4.42 Å². The molecule has 2 amide bonds. The summed E-state index contributed by atoms with van der Waals surface area (Å²) in [7, 11) is 0. The maximum Gasteiger partial charge on any atom is 0.281 e. The van der Waals surface area contributed by atoms with Crippen LogP contribution in [-0.2, 0) is 4.79 Å². The number of nitrogens with one attached hydrogen (secondary N) is 1. The highest BCUT2D eigenvalue weighted by atomic mass is 32.2. The lowest BCUT2D eigenvalue weighted by Gasteiger charge is -1.97. The number of aryl methyl sites for hydroxylation is 1. The Labute approximate surface area is 85.3 Å². The van der Waals surface area contributed by atoms with Crippen LogP contribution in [0, 0.1) is 6.92 Å². The fourth-order valence-electron chi connectivity index (χ4n) is 0.909. The minimum Gasteiger partial charge on any atom is -0.434 e. The van der Waals surface area contributed by atoms with E-state index in [2.05, 4.69) is 10.3 Å². The van der Waals surface area contributed by atoms with E-state index in [0.29, 0.717) is 11.0 Å². The summed E-state index contributed by atoms with van der Waals surface area (Å²) in [5.41, 5.74) is 0.158. The molecular weight excluding hydrogens is 204 g/mol. The number of rotatable bonds is 2. The highest BCUT2D eigenvalue weighted by molar-refractivity contribution is 7.98. The molecule has 0 aliphatic heterocycles. The molecule has 0 aromatic carbocycles. The molecule has 1 rings (SSSR count). The minimum absolute atomic E-state index is 0.158. The van der Waals surface area contributed by atoms with Crippen LogP contribution in [0.15, 0.2) is 9.51 Å². The lowest BCUT2D eigenvalue weighted by Crippen LogP contribution is -2.28. The van der Waals surface area contributed by atoms with E-state index in [1.165, 1.54) is 18.7 Å². The number of amides is 2. The Morgan fingerprint density at radius 3 is 2.64 bits per heavy atom. The van der Waals surface area contributed by atoms with Crippen LogP contribution in [0.3, 0.4) is 0 Å². The zero-order valence-corrected chi connectivity index (χ0v) is 8.90. The van der Waals surface area contributed by atoms with E-state index in [0.717, 1.165) is 0 Å². The average molecular weight is 214 g/mol. The Bertz CT molecular complexity index is 373. The topological polar surface area (TPSA) is 72.2 Å². The lowest BCUT2D eigenvalue weighted by atomic mass is 10.4. The van der Waals surface area contributed by atoms with E-state index in [1.54, 1.807) is 13.2 Å². The second kappa shape index (κ2) is 4.28. The van der Waals surface area contributed by atoms with Crippen LogP contribution in [0.25, 0.3) is 0 Å². The van der Waals surface area contributed by atoms with Crippen molar-refractivity contribution >= 4 is 23.6 Å². The van der Waals surface area contributed by atoms with Gasteiger partial charge in [-0.2, -0.15) is 0 Å². The van der Waals surface area contributed by atoms with E-state index < -0.39 is 11.8 Å². The van der Waals surface area contributed by atoms with Crippen LogP contribution in [0.2, 0.25) is 0 Å². The number of carbonyl (C=O) groups excluding carboxylic acids is 2. The van der Waals surface area contributed by atoms with Gasteiger partial charge in [0, 0.05) is 13.8 Å². The van der Waals surface area contributed by atoms with Gasteiger partial charge in [-0.15, -0.1) is 0 Å². The average Bonchev–Trinajstić information content (AvgIpc) is 2.45. The SMILES string of the molecule is CSc1oc(C)nc1C(=O)NC(C)=O. The molecule has 1 aromatic heterocycles. The Morgan fingerprint density at radius 1 is 1.50 bits per heavy atom. The molecule has 76 valence electrons. The number of aromatic nitrogens is 1. The molecule has 0 bridgehead atoms. The Hall–Kier alpha value is -1.30. The molecule has 1 N–H and O–H groups in total. The van der Waals surface area contributed by atoms with Crippen molar-refractivity contribution in [3.63, 3.8) is 0 Å². The summed E-state index contributed by atoms with van der Waals surface area (Å²) >= 11 is 1.27. The van der Waals surface area contributed by atoms with Crippen LogP contribution in [0.4, 0.5) is 0 Å². The van der Waals surface area contributed by atoms with Crippen molar-refractivity contribution in [2.45, 2.75) is 18.9 Å². The maximum absolute atomic E-state index is 11.4. The maximum atomic E-state index is 11.4. The largest absolute Gasteiger partial charge is 0.434 e. The Kier molecular flexibility index (Phi) is 3.29. The summed E-state index contributed by atoms with van der Waals surface area (Å²) in [5.74, 6) is -0.538. The highest BCUT2D eigenvalue weighted by Gasteiger charge is 2.18. The third-order valence-corrected chi connectivity index (χ3v) is 2.04. The second-order valence-corrected chi connectivity index (χ2v) is 3.36. The molecule has 0 radical (unpaired) electrons. The number of imide groups is 1. The summed E-state index contributed by atoms with van der Waals surface area (Å²) in [4.78, 5) is 25.9. The highest BCUT2D eigenvalue weighted by Crippen LogP contribution is 2.20. The van der Waals surface area contributed by atoms with E-state index >= 15 is 0 Å². The van der Waals surface area contributed by atoms with Gasteiger partial charge in [-0.25, -0.2) is 4.98 Å². The lowest BCUT2D eigenvalue weighted by molar-refractivity contribution is -0.118. The first-order chi connectivity index (χ1) is 6.54. The van der Waals surface area contributed by atoms with E-state index in [-0.39, 0.29) is 5.69 Å².